The number of rotatable bonds is 6. The highest BCUT2D eigenvalue weighted by molar-refractivity contribution is 5.79. The largest absolute Gasteiger partial charge is 0.391 e. The highest BCUT2D eigenvalue weighted by Gasteiger charge is 2.14. The Kier molecular flexibility index (Phi) is 6.06. The van der Waals surface area contributed by atoms with Crippen molar-refractivity contribution >= 4 is 6.21 Å². The van der Waals surface area contributed by atoms with Crippen LogP contribution >= 0.6 is 0 Å². The molecule has 1 saturated carbocycles. The Morgan fingerprint density at radius 1 is 0.917 bits per heavy atom. The minimum absolute atomic E-state index is 0.515. The summed E-state index contributed by atoms with van der Waals surface area (Å²) in [5.41, 5.74) is 5.07. The molecule has 0 aliphatic heterocycles. The van der Waals surface area contributed by atoms with Crippen LogP contribution in [0.15, 0.2) is 53.7 Å². The van der Waals surface area contributed by atoms with Crippen molar-refractivity contribution in [3.63, 3.8) is 0 Å². The number of nitrogens with zero attached hydrogens (tertiary/aromatic N) is 1. The first-order valence-corrected chi connectivity index (χ1v) is 9.18. The maximum atomic E-state index is 5.41. The van der Waals surface area contributed by atoms with Crippen molar-refractivity contribution in [2.24, 2.45) is 5.16 Å². The molecule has 0 atom stereocenters. The molecule has 2 nitrogen and oxygen atoms in total. The second kappa shape index (κ2) is 8.68. The van der Waals surface area contributed by atoms with E-state index in [-0.39, 0.29) is 0 Å². The fourth-order valence-electron chi connectivity index (χ4n) is 3.37. The van der Waals surface area contributed by atoms with E-state index in [2.05, 4.69) is 60.6 Å². The molecule has 0 spiro atoms. The third kappa shape index (κ3) is 4.70. The lowest BCUT2D eigenvalue weighted by Gasteiger charge is -2.21. The molecule has 0 unspecified atom stereocenters. The normalized spacial score (nSPS) is 15.7. The van der Waals surface area contributed by atoms with Crippen molar-refractivity contribution in [2.75, 3.05) is 0 Å². The molecular weight excluding hydrogens is 294 g/mol. The number of aryl methyl sites for hydroxylation is 1. The minimum Gasteiger partial charge on any atom is -0.391 e. The van der Waals surface area contributed by atoms with Gasteiger partial charge in [0.25, 0.3) is 0 Å². The zero-order valence-corrected chi connectivity index (χ0v) is 14.6. The van der Waals surface area contributed by atoms with E-state index < -0.39 is 0 Å². The molecule has 0 saturated heterocycles. The number of benzene rings is 2. The van der Waals surface area contributed by atoms with Gasteiger partial charge in [-0.2, -0.15) is 0 Å². The third-order valence-electron chi connectivity index (χ3n) is 4.95. The van der Waals surface area contributed by atoms with E-state index >= 15 is 0 Å². The molecule has 0 N–H and O–H groups in total. The summed E-state index contributed by atoms with van der Waals surface area (Å²) in [6.07, 6.45) is 9.70. The van der Waals surface area contributed by atoms with Gasteiger partial charge in [0.05, 0.1) is 6.21 Å². The minimum atomic E-state index is 0.515. The second-order valence-electron chi connectivity index (χ2n) is 6.68. The first-order chi connectivity index (χ1) is 11.8. The molecule has 24 heavy (non-hydrogen) atoms. The summed E-state index contributed by atoms with van der Waals surface area (Å²) in [5, 5.41) is 4.10. The van der Waals surface area contributed by atoms with Gasteiger partial charge in [0.1, 0.15) is 6.61 Å². The predicted molar refractivity (Wildman–Crippen MR) is 100 cm³/mol. The van der Waals surface area contributed by atoms with E-state index in [0.717, 1.165) is 23.5 Å². The number of hydrogen-bond donors (Lipinski definition) is 0. The van der Waals surface area contributed by atoms with Gasteiger partial charge in [-0.1, -0.05) is 79.9 Å². The van der Waals surface area contributed by atoms with Crippen LogP contribution < -0.4 is 0 Å². The smallest absolute Gasteiger partial charge is 0.142 e. The fraction of sp³-hybridized carbons (Fsp3) is 0.409. The van der Waals surface area contributed by atoms with Crippen LogP contribution in [-0.4, -0.2) is 6.21 Å². The van der Waals surface area contributed by atoms with Crippen molar-refractivity contribution < 1.29 is 4.84 Å². The van der Waals surface area contributed by atoms with Crippen LogP contribution in [0, 0.1) is 0 Å². The Morgan fingerprint density at radius 3 is 2.25 bits per heavy atom. The van der Waals surface area contributed by atoms with Crippen molar-refractivity contribution in [1.29, 1.82) is 0 Å². The van der Waals surface area contributed by atoms with Crippen LogP contribution in [-0.2, 0) is 17.9 Å². The summed E-state index contributed by atoms with van der Waals surface area (Å²) in [6.45, 7) is 2.68. The molecule has 1 fully saturated rings. The number of hydrogen-bond acceptors (Lipinski definition) is 2. The topological polar surface area (TPSA) is 21.6 Å². The average molecular weight is 321 g/mol. The van der Waals surface area contributed by atoms with Crippen molar-refractivity contribution in [3.8, 4) is 0 Å². The summed E-state index contributed by atoms with van der Waals surface area (Å²) >= 11 is 0. The van der Waals surface area contributed by atoms with Crippen LogP contribution in [0.5, 0.6) is 0 Å². The van der Waals surface area contributed by atoms with Crippen molar-refractivity contribution in [3.05, 3.63) is 70.8 Å². The van der Waals surface area contributed by atoms with Gasteiger partial charge < -0.3 is 4.84 Å². The Labute approximate surface area is 145 Å². The first-order valence-electron chi connectivity index (χ1n) is 9.18. The molecule has 2 aromatic carbocycles. The Bertz CT molecular complexity index is 637. The monoisotopic (exact) mass is 321 g/mol. The fourth-order valence-corrected chi connectivity index (χ4v) is 3.37. The molecule has 1 aliphatic rings. The average Bonchev–Trinajstić information content (AvgIpc) is 2.67. The van der Waals surface area contributed by atoms with E-state index in [1.54, 1.807) is 6.21 Å². The molecule has 0 aromatic heterocycles. The molecule has 0 bridgehead atoms. The zero-order valence-electron chi connectivity index (χ0n) is 14.6. The maximum absolute atomic E-state index is 5.41. The van der Waals surface area contributed by atoms with Gasteiger partial charge in [0, 0.05) is 0 Å². The molecule has 0 amide bonds. The molecule has 2 aromatic rings. The van der Waals surface area contributed by atoms with E-state index in [0.29, 0.717) is 6.61 Å². The van der Waals surface area contributed by atoms with Gasteiger partial charge in [-0.05, 0) is 47.4 Å². The molecule has 2 heteroatoms. The lowest BCUT2D eigenvalue weighted by Crippen LogP contribution is -2.04. The summed E-state index contributed by atoms with van der Waals surface area (Å²) in [7, 11) is 0. The molecule has 0 heterocycles. The quantitative estimate of drug-likeness (QED) is 0.483. The predicted octanol–water partition coefficient (Wildman–Crippen LogP) is 5.85. The van der Waals surface area contributed by atoms with Gasteiger partial charge in [0.2, 0.25) is 0 Å². The van der Waals surface area contributed by atoms with E-state index in [4.69, 9.17) is 4.84 Å². The van der Waals surface area contributed by atoms with Crippen LogP contribution in [0.4, 0.5) is 0 Å². The van der Waals surface area contributed by atoms with E-state index in [9.17, 15) is 0 Å². The van der Waals surface area contributed by atoms with Gasteiger partial charge in [-0.25, -0.2) is 0 Å². The standard InChI is InChI=1S/C22H27NO/c1-2-18-8-10-20(11-9-18)17-24-23-16-19-12-14-22(15-13-19)21-6-4-3-5-7-21/h8-16,21H,2-7,17H2,1H3. The summed E-state index contributed by atoms with van der Waals surface area (Å²) < 4.78 is 0. The molecule has 0 radical (unpaired) electrons. The van der Waals surface area contributed by atoms with Gasteiger partial charge in [0.15, 0.2) is 0 Å². The van der Waals surface area contributed by atoms with Crippen molar-refractivity contribution in [1.82, 2.24) is 0 Å². The Morgan fingerprint density at radius 2 is 1.58 bits per heavy atom. The summed E-state index contributed by atoms with van der Waals surface area (Å²) in [6, 6.07) is 17.3. The van der Waals surface area contributed by atoms with E-state index in [1.165, 1.54) is 43.2 Å². The summed E-state index contributed by atoms with van der Waals surface area (Å²) in [4.78, 5) is 5.41. The van der Waals surface area contributed by atoms with Gasteiger partial charge in [-0.15, -0.1) is 0 Å². The highest BCUT2D eigenvalue weighted by Crippen LogP contribution is 2.32. The second-order valence-corrected chi connectivity index (χ2v) is 6.68. The van der Waals surface area contributed by atoms with E-state index in [1.807, 2.05) is 0 Å². The molecular formula is C22H27NO. The first kappa shape index (κ1) is 16.8. The third-order valence-corrected chi connectivity index (χ3v) is 4.95. The van der Waals surface area contributed by atoms with Crippen molar-refractivity contribution in [2.45, 2.75) is 58.0 Å². The lowest BCUT2D eigenvalue weighted by atomic mass is 9.84. The van der Waals surface area contributed by atoms with Crippen LogP contribution in [0.25, 0.3) is 0 Å². The number of oxime groups is 1. The Hall–Kier alpha value is -2.09. The Balaban J connectivity index is 1.48. The molecule has 1 aliphatic carbocycles. The SMILES string of the molecule is CCc1ccc(CON=Cc2ccc(C3CCCCC3)cc2)cc1. The zero-order chi connectivity index (χ0) is 16.6. The molecule has 126 valence electrons. The highest BCUT2D eigenvalue weighted by atomic mass is 16.6. The van der Waals surface area contributed by atoms with Gasteiger partial charge >= 0.3 is 0 Å². The molecule has 3 rings (SSSR count). The van der Waals surface area contributed by atoms with Crippen LogP contribution in [0.2, 0.25) is 0 Å². The van der Waals surface area contributed by atoms with Crippen LogP contribution in [0.3, 0.4) is 0 Å². The lowest BCUT2D eigenvalue weighted by molar-refractivity contribution is 0.132. The van der Waals surface area contributed by atoms with Gasteiger partial charge in [-0.3, -0.25) is 0 Å². The summed E-state index contributed by atoms with van der Waals surface area (Å²) in [5.74, 6) is 0.757. The van der Waals surface area contributed by atoms with Crippen LogP contribution in [0.1, 0.15) is 67.2 Å². The maximum Gasteiger partial charge on any atom is 0.142 e.